The predicted molar refractivity (Wildman–Crippen MR) is 106 cm³/mol. The molecule has 0 aromatic rings. The van der Waals surface area contributed by atoms with Gasteiger partial charge in [-0.15, -0.1) is 0 Å². The Labute approximate surface area is 152 Å². The van der Waals surface area contributed by atoms with Crippen LogP contribution in [0.5, 0.6) is 0 Å². The Morgan fingerprint density at radius 1 is 0.800 bits per heavy atom. The normalized spacial score (nSPS) is 14.3. The van der Waals surface area contributed by atoms with Gasteiger partial charge in [-0.05, 0) is 38.5 Å². The molecule has 0 rings (SSSR count). The highest BCUT2D eigenvalue weighted by Crippen LogP contribution is 1.97. The minimum absolute atomic E-state index is 0.199. The number of aliphatic hydroxyl groups excluding tert-OH is 1. The van der Waals surface area contributed by atoms with Crippen molar-refractivity contribution < 1.29 is 15.0 Å². The lowest BCUT2D eigenvalue weighted by Crippen LogP contribution is -1.97. The number of hydrogen-bond acceptors (Lipinski definition) is 2. The van der Waals surface area contributed by atoms with Gasteiger partial charge in [0.15, 0.2) is 0 Å². The standard InChI is InChI=1S/C22H32O3/c1-2-21(23)19-17-15-13-11-9-7-5-3-4-6-8-10-12-14-16-18-20-22(24)25/h3-4,7-10,13-17,19,21,23H,2,5-6,11-12,18,20H2,1H3,(H,24,25)/b4-3-,9-7-,10-8-,15-13-,16-14-,19-17+/t21-/m1/s1. The molecule has 0 bridgehead atoms. The summed E-state index contributed by atoms with van der Waals surface area (Å²) in [7, 11) is 0. The molecule has 1 atom stereocenters. The Bertz CT molecular complexity index is 493. The van der Waals surface area contributed by atoms with E-state index in [9.17, 15) is 9.90 Å². The molecule has 25 heavy (non-hydrogen) atoms. The molecule has 0 aliphatic carbocycles. The number of aliphatic hydroxyl groups is 1. The molecule has 3 nitrogen and oxygen atoms in total. The summed E-state index contributed by atoms with van der Waals surface area (Å²) >= 11 is 0. The Morgan fingerprint density at radius 2 is 1.28 bits per heavy atom. The number of allylic oxidation sites excluding steroid dienone is 11. The second-order valence-corrected chi connectivity index (χ2v) is 5.55. The highest BCUT2D eigenvalue weighted by molar-refractivity contribution is 5.66. The molecule has 0 aromatic carbocycles. The molecular weight excluding hydrogens is 312 g/mol. The van der Waals surface area contributed by atoms with Crippen LogP contribution in [-0.2, 0) is 4.79 Å². The van der Waals surface area contributed by atoms with Crippen molar-refractivity contribution in [1.82, 2.24) is 0 Å². The number of aliphatic carboxylic acids is 1. The lowest BCUT2D eigenvalue weighted by Gasteiger charge is -1.95. The van der Waals surface area contributed by atoms with Crippen molar-refractivity contribution in [2.45, 2.75) is 58.0 Å². The van der Waals surface area contributed by atoms with Crippen LogP contribution in [0.4, 0.5) is 0 Å². The Balaban J connectivity index is 3.59. The van der Waals surface area contributed by atoms with Crippen LogP contribution in [0.3, 0.4) is 0 Å². The summed E-state index contributed by atoms with van der Waals surface area (Å²) in [4.78, 5) is 10.3. The van der Waals surface area contributed by atoms with Crippen LogP contribution in [0.1, 0.15) is 51.9 Å². The zero-order valence-electron chi connectivity index (χ0n) is 15.3. The van der Waals surface area contributed by atoms with Gasteiger partial charge in [-0.3, -0.25) is 4.79 Å². The van der Waals surface area contributed by atoms with E-state index in [0.717, 1.165) is 32.1 Å². The van der Waals surface area contributed by atoms with E-state index >= 15 is 0 Å². The fourth-order valence-electron chi connectivity index (χ4n) is 1.80. The summed E-state index contributed by atoms with van der Waals surface area (Å²) in [5.41, 5.74) is 0. The second kappa shape index (κ2) is 18.2. The van der Waals surface area contributed by atoms with Gasteiger partial charge in [-0.25, -0.2) is 0 Å². The largest absolute Gasteiger partial charge is 0.481 e. The molecule has 2 N–H and O–H groups in total. The summed E-state index contributed by atoms with van der Waals surface area (Å²) in [6.07, 6.45) is 29.2. The number of carbonyl (C=O) groups is 1. The van der Waals surface area contributed by atoms with Gasteiger partial charge in [0.25, 0.3) is 0 Å². The van der Waals surface area contributed by atoms with Gasteiger partial charge in [-0.1, -0.05) is 79.8 Å². The summed E-state index contributed by atoms with van der Waals surface area (Å²) in [5.74, 6) is -0.751. The van der Waals surface area contributed by atoms with Gasteiger partial charge < -0.3 is 10.2 Å². The van der Waals surface area contributed by atoms with E-state index < -0.39 is 5.97 Å². The minimum Gasteiger partial charge on any atom is -0.481 e. The van der Waals surface area contributed by atoms with E-state index in [4.69, 9.17) is 5.11 Å². The molecule has 0 spiro atoms. The number of carboxylic acid groups (broad SMARTS) is 1. The summed E-state index contributed by atoms with van der Waals surface area (Å²) < 4.78 is 0. The van der Waals surface area contributed by atoms with Gasteiger partial charge in [-0.2, -0.15) is 0 Å². The van der Waals surface area contributed by atoms with E-state index in [1.54, 1.807) is 6.08 Å². The summed E-state index contributed by atoms with van der Waals surface area (Å²) in [6.45, 7) is 1.95. The SMILES string of the molecule is CC[C@@H](O)/C=C/C=C\C/C=C\C/C=C\C/C=C\C/C=C\CCC(=O)O. The number of hydrogen-bond donors (Lipinski definition) is 2. The van der Waals surface area contributed by atoms with Crippen LogP contribution in [0, 0.1) is 0 Å². The molecule has 0 aromatic heterocycles. The zero-order valence-corrected chi connectivity index (χ0v) is 15.3. The summed E-state index contributed by atoms with van der Waals surface area (Å²) in [6, 6.07) is 0. The number of rotatable bonds is 14. The fraction of sp³-hybridized carbons (Fsp3) is 0.409. The fourth-order valence-corrected chi connectivity index (χ4v) is 1.80. The maximum atomic E-state index is 10.3. The maximum Gasteiger partial charge on any atom is 0.303 e. The van der Waals surface area contributed by atoms with E-state index in [1.165, 1.54) is 0 Å². The van der Waals surface area contributed by atoms with Crippen LogP contribution < -0.4 is 0 Å². The van der Waals surface area contributed by atoms with E-state index in [0.29, 0.717) is 6.42 Å². The van der Waals surface area contributed by atoms with Gasteiger partial charge in [0, 0.05) is 6.42 Å². The third-order valence-electron chi connectivity index (χ3n) is 3.28. The van der Waals surface area contributed by atoms with Crippen molar-refractivity contribution in [2.75, 3.05) is 0 Å². The van der Waals surface area contributed by atoms with Crippen LogP contribution >= 0.6 is 0 Å². The quantitative estimate of drug-likeness (QED) is 0.322. The van der Waals surface area contributed by atoms with Crippen LogP contribution in [0.25, 0.3) is 0 Å². The maximum absolute atomic E-state index is 10.3. The van der Waals surface area contributed by atoms with Gasteiger partial charge >= 0.3 is 5.97 Å². The molecule has 0 fully saturated rings. The highest BCUT2D eigenvalue weighted by Gasteiger charge is 1.90. The van der Waals surface area contributed by atoms with Crippen molar-refractivity contribution in [3.8, 4) is 0 Å². The van der Waals surface area contributed by atoms with Crippen LogP contribution in [-0.4, -0.2) is 22.3 Å². The lowest BCUT2D eigenvalue weighted by molar-refractivity contribution is -0.136. The molecular formula is C22H32O3. The molecule has 138 valence electrons. The molecule has 0 amide bonds. The Hall–Kier alpha value is -2.13. The molecule has 3 heteroatoms. The van der Waals surface area contributed by atoms with Crippen molar-refractivity contribution >= 4 is 5.97 Å². The first kappa shape index (κ1) is 22.9. The molecule has 0 unspecified atom stereocenters. The average Bonchev–Trinajstić information content (AvgIpc) is 2.60. The topological polar surface area (TPSA) is 57.5 Å². The third-order valence-corrected chi connectivity index (χ3v) is 3.28. The van der Waals surface area contributed by atoms with E-state index in [-0.39, 0.29) is 12.5 Å². The monoisotopic (exact) mass is 344 g/mol. The van der Waals surface area contributed by atoms with Crippen LogP contribution in [0.2, 0.25) is 0 Å². The Morgan fingerprint density at radius 3 is 1.76 bits per heavy atom. The third kappa shape index (κ3) is 19.8. The predicted octanol–water partition coefficient (Wildman–Crippen LogP) is 5.52. The van der Waals surface area contributed by atoms with Crippen molar-refractivity contribution in [3.63, 3.8) is 0 Å². The molecule has 0 aliphatic heterocycles. The van der Waals surface area contributed by atoms with Crippen LogP contribution in [0.15, 0.2) is 72.9 Å². The van der Waals surface area contributed by atoms with Gasteiger partial charge in [0.05, 0.1) is 6.10 Å². The molecule has 0 aliphatic rings. The first-order chi connectivity index (χ1) is 12.2. The molecule has 0 radical (unpaired) electrons. The molecule has 0 heterocycles. The smallest absolute Gasteiger partial charge is 0.303 e. The van der Waals surface area contributed by atoms with E-state index in [1.807, 2.05) is 31.2 Å². The average molecular weight is 344 g/mol. The molecule has 0 saturated heterocycles. The first-order valence-corrected chi connectivity index (χ1v) is 9.00. The lowest BCUT2D eigenvalue weighted by atomic mass is 10.2. The number of carboxylic acids is 1. The highest BCUT2D eigenvalue weighted by atomic mass is 16.4. The first-order valence-electron chi connectivity index (χ1n) is 9.00. The molecule has 0 saturated carbocycles. The zero-order chi connectivity index (χ0) is 18.6. The summed E-state index contributed by atoms with van der Waals surface area (Å²) in [5, 5.41) is 17.8. The van der Waals surface area contributed by atoms with Gasteiger partial charge in [0.1, 0.15) is 0 Å². The van der Waals surface area contributed by atoms with Crippen molar-refractivity contribution in [1.29, 1.82) is 0 Å². The van der Waals surface area contributed by atoms with Gasteiger partial charge in [0.2, 0.25) is 0 Å². The van der Waals surface area contributed by atoms with E-state index in [2.05, 4.69) is 42.5 Å². The second-order valence-electron chi connectivity index (χ2n) is 5.55. The van der Waals surface area contributed by atoms with Crippen molar-refractivity contribution in [2.24, 2.45) is 0 Å². The minimum atomic E-state index is -0.751. The van der Waals surface area contributed by atoms with Crippen molar-refractivity contribution in [3.05, 3.63) is 72.9 Å². The Kier molecular flexibility index (Phi) is 16.7.